The summed E-state index contributed by atoms with van der Waals surface area (Å²) in [6.45, 7) is 9.23. The van der Waals surface area contributed by atoms with Crippen LogP contribution in [0.2, 0.25) is 0 Å². The van der Waals surface area contributed by atoms with Gasteiger partial charge < -0.3 is 10.4 Å². The summed E-state index contributed by atoms with van der Waals surface area (Å²) in [6, 6.07) is 0.282. The number of nitrogens with zero attached hydrogens (tertiary/aromatic N) is 1. The predicted octanol–water partition coefficient (Wildman–Crippen LogP) is 2.31. The van der Waals surface area contributed by atoms with Crippen molar-refractivity contribution < 1.29 is 9.90 Å². The molecule has 4 atom stereocenters. The Morgan fingerprint density at radius 3 is 2.62 bits per heavy atom. The smallest absolute Gasteiger partial charge is 0.237 e. The number of amides is 1. The second-order valence-electron chi connectivity index (χ2n) is 7.51. The van der Waals surface area contributed by atoms with Gasteiger partial charge in [-0.25, -0.2) is 0 Å². The monoisotopic (exact) mass is 296 g/mol. The van der Waals surface area contributed by atoms with Gasteiger partial charge in [0.15, 0.2) is 0 Å². The molecule has 2 aliphatic rings. The van der Waals surface area contributed by atoms with Gasteiger partial charge in [0.2, 0.25) is 5.91 Å². The van der Waals surface area contributed by atoms with Gasteiger partial charge >= 0.3 is 0 Å². The van der Waals surface area contributed by atoms with Crippen molar-refractivity contribution in [3.05, 3.63) is 0 Å². The van der Waals surface area contributed by atoms with Crippen molar-refractivity contribution in [1.29, 1.82) is 0 Å². The van der Waals surface area contributed by atoms with Crippen LogP contribution in [-0.4, -0.2) is 46.2 Å². The van der Waals surface area contributed by atoms with E-state index in [2.05, 4.69) is 31.0 Å². The van der Waals surface area contributed by atoms with Crippen LogP contribution in [0.1, 0.15) is 66.2 Å². The van der Waals surface area contributed by atoms with Gasteiger partial charge in [-0.1, -0.05) is 13.3 Å². The molecule has 1 amide bonds. The fourth-order valence-electron chi connectivity index (χ4n) is 3.85. The van der Waals surface area contributed by atoms with Gasteiger partial charge in [0.1, 0.15) is 0 Å². The zero-order valence-electron chi connectivity index (χ0n) is 14.1. The van der Waals surface area contributed by atoms with Crippen molar-refractivity contribution in [2.45, 2.75) is 89.9 Å². The van der Waals surface area contributed by atoms with E-state index in [-0.39, 0.29) is 23.6 Å². The van der Waals surface area contributed by atoms with Crippen LogP contribution in [0.5, 0.6) is 0 Å². The van der Waals surface area contributed by atoms with Crippen molar-refractivity contribution in [3.8, 4) is 0 Å². The average Bonchev–Trinajstić information content (AvgIpc) is 3.05. The second-order valence-corrected chi connectivity index (χ2v) is 7.51. The average molecular weight is 296 g/mol. The zero-order chi connectivity index (χ0) is 15.6. The molecule has 21 heavy (non-hydrogen) atoms. The Bertz CT molecular complexity index is 370. The maximum Gasteiger partial charge on any atom is 0.237 e. The third kappa shape index (κ3) is 3.78. The minimum absolute atomic E-state index is 0.101. The maximum absolute atomic E-state index is 12.5. The van der Waals surface area contributed by atoms with Gasteiger partial charge in [-0.05, 0) is 59.4 Å². The van der Waals surface area contributed by atoms with Crippen molar-refractivity contribution in [1.82, 2.24) is 10.2 Å². The maximum atomic E-state index is 12.5. The minimum atomic E-state index is -0.169. The Balaban J connectivity index is 2.00. The molecule has 122 valence electrons. The van der Waals surface area contributed by atoms with Crippen molar-refractivity contribution in [2.24, 2.45) is 5.92 Å². The molecule has 2 rings (SSSR count). The molecule has 2 fully saturated rings. The first-order chi connectivity index (χ1) is 9.85. The normalized spacial score (nSPS) is 32.3. The fraction of sp³-hybridized carbons (Fsp3) is 0.941. The number of aliphatic hydroxyl groups is 1. The van der Waals surface area contributed by atoms with Gasteiger partial charge in [0.05, 0.1) is 12.1 Å². The number of hydrogen-bond donors (Lipinski definition) is 2. The Labute approximate surface area is 129 Å². The molecule has 1 heterocycles. The number of nitrogens with one attached hydrogen (secondary N) is 1. The van der Waals surface area contributed by atoms with Gasteiger partial charge in [-0.3, -0.25) is 9.69 Å². The molecular weight excluding hydrogens is 264 g/mol. The summed E-state index contributed by atoms with van der Waals surface area (Å²) in [4.78, 5) is 14.9. The first kappa shape index (κ1) is 16.8. The van der Waals surface area contributed by atoms with E-state index in [1.54, 1.807) is 0 Å². The van der Waals surface area contributed by atoms with E-state index in [0.717, 1.165) is 45.1 Å². The summed E-state index contributed by atoms with van der Waals surface area (Å²) in [5, 5.41) is 13.3. The van der Waals surface area contributed by atoms with Gasteiger partial charge in [0, 0.05) is 17.5 Å². The van der Waals surface area contributed by atoms with Crippen LogP contribution in [-0.2, 0) is 4.79 Å². The van der Waals surface area contributed by atoms with E-state index in [9.17, 15) is 9.90 Å². The molecule has 0 aromatic rings. The lowest BCUT2D eigenvalue weighted by molar-refractivity contribution is -0.128. The van der Waals surface area contributed by atoms with E-state index in [1.165, 1.54) is 0 Å². The van der Waals surface area contributed by atoms with E-state index >= 15 is 0 Å². The van der Waals surface area contributed by atoms with E-state index in [4.69, 9.17) is 0 Å². The quantitative estimate of drug-likeness (QED) is 0.818. The molecule has 0 radical (unpaired) electrons. The largest absolute Gasteiger partial charge is 0.393 e. The van der Waals surface area contributed by atoms with Crippen LogP contribution in [0.4, 0.5) is 0 Å². The lowest BCUT2D eigenvalue weighted by atomic mass is 9.93. The molecule has 1 saturated heterocycles. The summed E-state index contributed by atoms with van der Waals surface area (Å²) >= 11 is 0. The number of rotatable bonds is 5. The number of carbonyl (C=O) groups excluding carboxylic acids is 1. The molecule has 0 spiro atoms. The van der Waals surface area contributed by atoms with Crippen LogP contribution in [0, 0.1) is 5.92 Å². The molecule has 0 aromatic heterocycles. The molecule has 0 bridgehead atoms. The molecule has 4 heteroatoms. The lowest BCUT2D eigenvalue weighted by Crippen LogP contribution is -2.54. The SMILES string of the molecule is CCC(C)(C)NC(=O)C(C)N1CCCC1C1CCCC1O. The van der Waals surface area contributed by atoms with E-state index in [0.29, 0.717) is 12.0 Å². The van der Waals surface area contributed by atoms with Crippen LogP contribution < -0.4 is 5.32 Å². The number of carbonyl (C=O) groups is 1. The van der Waals surface area contributed by atoms with Crippen LogP contribution >= 0.6 is 0 Å². The fourth-order valence-corrected chi connectivity index (χ4v) is 3.85. The summed E-state index contributed by atoms with van der Waals surface area (Å²) in [7, 11) is 0. The summed E-state index contributed by atoms with van der Waals surface area (Å²) in [6.07, 6.45) is 6.18. The van der Waals surface area contributed by atoms with E-state index < -0.39 is 0 Å². The van der Waals surface area contributed by atoms with Crippen LogP contribution in [0.3, 0.4) is 0 Å². The molecular formula is C17H32N2O2. The van der Waals surface area contributed by atoms with Crippen LogP contribution in [0.25, 0.3) is 0 Å². The van der Waals surface area contributed by atoms with Gasteiger partial charge in [0.25, 0.3) is 0 Å². The molecule has 1 aliphatic heterocycles. The topological polar surface area (TPSA) is 52.6 Å². The van der Waals surface area contributed by atoms with Crippen molar-refractivity contribution >= 4 is 5.91 Å². The standard InChI is InChI=1S/C17H32N2O2/c1-5-17(3,4)18-16(21)12(2)19-11-7-9-14(19)13-8-6-10-15(13)20/h12-15,20H,5-11H2,1-4H3,(H,18,21). The highest BCUT2D eigenvalue weighted by molar-refractivity contribution is 5.82. The lowest BCUT2D eigenvalue weighted by Gasteiger charge is -2.36. The molecule has 0 aromatic carbocycles. The first-order valence-corrected chi connectivity index (χ1v) is 8.61. The Morgan fingerprint density at radius 1 is 1.33 bits per heavy atom. The molecule has 2 N–H and O–H groups in total. The first-order valence-electron chi connectivity index (χ1n) is 8.61. The zero-order valence-corrected chi connectivity index (χ0v) is 14.1. The number of likely N-dealkylation sites (tertiary alicyclic amines) is 1. The molecule has 4 unspecified atom stereocenters. The number of hydrogen-bond acceptors (Lipinski definition) is 3. The van der Waals surface area contributed by atoms with Crippen molar-refractivity contribution in [3.63, 3.8) is 0 Å². The highest BCUT2D eigenvalue weighted by Crippen LogP contribution is 2.36. The Morgan fingerprint density at radius 2 is 2.05 bits per heavy atom. The molecule has 1 aliphatic carbocycles. The minimum Gasteiger partial charge on any atom is -0.393 e. The Kier molecular flexibility index (Phi) is 5.31. The third-order valence-corrected chi connectivity index (χ3v) is 5.59. The second kappa shape index (κ2) is 6.66. The number of aliphatic hydroxyl groups excluding tert-OH is 1. The highest BCUT2D eigenvalue weighted by Gasteiger charge is 2.41. The molecule has 1 saturated carbocycles. The van der Waals surface area contributed by atoms with Crippen LogP contribution in [0.15, 0.2) is 0 Å². The van der Waals surface area contributed by atoms with Gasteiger partial charge in [-0.2, -0.15) is 0 Å². The molecule has 4 nitrogen and oxygen atoms in total. The third-order valence-electron chi connectivity index (χ3n) is 5.59. The van der Waals surface area contributed by atoms with E-state index in [1.807, 2.05) is 6.92 Å². The van der Waals surface area contributed by atoms with Crippen molar-refractivity contribution in [2.75, 3.05) is 6.54 Å². The summed E-state index contributed by atoms with van der Waals surface area (Å²) in [5.41, 5.74) is -0.145. The van der Waals surface area contributed by atoms with Gasteiger partial charge in [-0.15, -0.1) is 0 Å². The summed E-state index contributed by atoms with van der Waals surface area (Å²) in [5.74, 6) is 0.489. The Hall–Kier alpha value is -0.610. The summed E-state index contributed by atoms with van der Waals surface area (Å²) < 4.78 is 0. The predicted molar refractivity (Wildman–Crippen MR) is 85.1 cm³/mol. The highest BCUT2D eigenvalue weighted by atomic mass is 16.3.